The van der Waals surface area contributed by atoms with E-state index in [1.165, 1.54) is 12.1 Å². The molecular formula is C20H24N2O3S. The Bertz CT molecular complexity index is 877. The van der Waals surface area contributed by atoms with Gasteiger partial charge < -0.3 is 4.90 Å². The second-order valence-corrected chi connectivity index (χ2v) is 8.60. The van der Waals surface area contributed by atoms with Crippen molar-refractivity contribution in [2.75, 3.05) is 7.05 Å². The average molecular weight is 372 g/mol. The standard InChI is InChI=1S/C20H24N2O3S/c1-15(17-11-12-17)22(2)20(23)18-9-6-10-19(13-18)26(24,25)21-14-16-7-4-3-5-8-16/h3-10,13,15,17,21H,11-12,14H2,1-2H3. The van der Waals surface area contributed by atoms with Gasteiger partial charge in [0, 0.05) is 25.2 Å². The smallest absolute Gasteiger partial charge is 0.253 e. The number of amides is 1. The van der Waals surface area contributed by atoms with E-state index in [9.17, 15) is 13.2 Å². The molecule has 2 aromatic rings. The summed E-state index contributed by atoms with van der Waals surface area (Å²) in [5, 5.41) is 0. The third kappa shape index (κ3) is 4.31. The van der Waals surface area contributed by atoms with Gasteiger partial charge in [-0.05, 0) is 49.4 Å². The lowest BCUT2D eigenvalue weighted by atomic mass is 10.1. The topological polar surface area (TPSA) is 66.5 Å². The first-order valence-corrected chi connectivity index (χ1v) is 10.3. The van der Waals surface area contributed by atoms with Gasteiger partial charge in [-0.2, -0.15) is 0 Å². The minimum Gasteiger partial charge on any atom is -0.339 e. The fourth-order valence-corrected chi connectivity index (χ4v) is 4.00. The Morgan fingerprint density at radius 1 is 1.15 bits per heavy atom. The van der Waals surface area contributed by atoms with Crippen molar-refractivity contribution < 1.29 is 13.2 Å². The number of carbonyl (C=O) groups excluding carboxylic acids is 1. The largest absolute Gasteiger partial charge is 0.339 e. The normalized spacial score (nSPS) is 15.5. The molecule has 0 saturated heterocycles. The van der Waals surface area contributed by atoms with Crippen molar-refractivity contribution in [1.82, 2.24) is 9.62 Å². The van der Waals surface area contributed by atoms with Gasteiger partial charge >= 0.3 is 0 Å². The van der Waals surface area contributed by atoms with Crippen molar-refractivity contribution in [2.45, 2.75) is 37.2 Å². The lowest BCUT2D eigenvalue weighted by Crippen LogP contribution is -2.36. The highest BCUT2D eigenvalue weighted by atomic mass is 32.2. The summed E-state index contributed by atoms with van der Waals surface area (Å²) in [6.07, 6.45) is 2.30. The van der Waals surface area contributed by atoms with Crippen LogP contribution in [0.1, 0.15) is 35.7 Å². The van der Waals surface area contributed by atoms with Crippen molar-refractivity contribution in [1.29, 1.82) is 0 Å². The van der Waals surface area contributed by atoms with Crippen LogP contribution in [-0.4, -0.2) is 32.3 Å². The monoisotopic (exact) mass is 372 g/mol. The molecule has 0 aromatic heterocycles. The molecule has 1 amide bonds. The Balaban J connectivity index is 1.74. The number of rotatable bonds is 7. The highest BCUT2D eigenvalue weighted by molar-refractivity contribution is 7.89. The summed E-state index contributed by atoms with van der Waals surface area (Å²) in [6, 6.07) is 15.7. The van der Waals surface area contributed by atoms with E-state index in [1.54, 1.807) is 24.1 Å². The number of sulfonamides is 1. The molecule has 0 spiro atoms. The maximum atomic E-state index is 12.7. The van der Waals surface area contributed by atoms with Gasteiger partial charge in [-0.3, -0.25) is 4.79 Å². The molecular weight excluding hydrogens is 348 g/mol. The summed E-state index contributed by atoms with van der Waals surface area (Å²) in [7, 11) is -1.91. The molecule has 0 radical (unpaired) electrons. The van der Waals surface area contributed by atoms with Crippen molar-refractivity contribution in [3.63, 3.8) is 0 Å². The summed E-state index contributed by atoms with van der Waals surface area (Å²) in [5.74, 6) is 0.410. The summed E-state index contributed by atoms with van der Waals surface area (Å²) < 4.78 is 27.7. The quantitative estimate of drug-likeness (QED) is 0.812. The van der Waals surface area contributed by atoms with Crippen LogP contribution in [0.3, 0.4) is 0 Å². The molecule has 1 fully saturated rings. The first-order valence-electron chi connectivity index (χ1n) is 8.79. The van der Waals surface area contributed by atoms with E-state index in [-0.39, 0.29) is 23.4 Å². The van der Waals surface area contributed by atoms with Crippen LogP contribution >= 0.6 is 0 Å². The van der Waals surface area contributed by atoms with Crippen molar-refractivity contribution >= 4 is 15.9 Å². The predicted molar refractivity (Wildman–Crippen MR) is 101 cm³/mol. The van der Waals surface area contributed by atoms with E-state index >= 15 is 0 Å². The molecule has 1 unspecified atom stereocenters. The zero-order chi connectivity index (χ0) is 18.7. The molecule has 138 valence electrons. The van der Waals surface area contributed by atoms with Gasteiger partial charge in [0.1, 0.15) is 0 Å². The Morgan fingerprint density at radius 2 is 1.85 bits per heavy atom. The molecule has 6 heteroatoms. The minimum atomic E-state index is -3.69. The van der Waals surface area contributed by atoms with Crippen molar-refractivity contribution in [3.8, 4) is 0 Å². The number of nitrogens with one attached hydrogen (secondary N) is 1. The van der Waals surface area contributed by atoms with Crippen LogP contribution in [0, 0.1) is 5.92 Å². The van der Waals surface area contributed by atoms with Crippen LogP contribution in [0.4, 0.5) is 0 Å². The Morgan fingerprint density at radius 3 is 2.50 bits per heavy atom. The minimum absolute atomic E-state index is 0.103. The number of benzene rings is 2. The number of hydrogen-bond donors (Lipinski definition) is 1. The van der Waals surface area contributed by atoms with E-state index < -0.39 is 10.0 Å². The van der Waals surface area contributed by atoms with E-state index in [0.717, 1.165) is 18.4 Å². The van der Waals surface area contributed by atoms with Crippen LogP contribution in [0.25, 0.3) is 0 Å². The third-order valence-electron chi connectivity index (χ3n) is 4.94. The van der Waals surface area contributed by atoms with Crippen LogP contribution in [-0.2, 0) is 16.6 Å². The van der Waals surface area contributed by atoms with Gasteiger partial charge in [0.05, 0.1) is 4.90 Å². The SMILES string of the molecule is CC(C1CC1)N(C)C(=O)c1cccc(S(=O)(=O)NCc2ccccc2)c1. The molecule has 2 aromatic carbocycles. The molecule has 0 aliphatic heterocycles. The average Bonchev–Trinajstić information content (AvgIpc) is 3.51. The number of carbonyl (C=O) groups is 1. The summed E-state index contributed by atoms with van der Waals surface area (Å²) in [6.45, 7) is 2.25. The number of hydrogen-bond acceptors (Lipinski definition) is 3. The molecule has 1 saturated carbocycles. The predicted octanol–water partition coefficient (Wildman–Crippen LogP) is 3.04. The van der Waals surface area contributed by atoms with Gasteiger partial charge in [-0.25, -0.2) is 13.1 Å². The first kappa shape index (κ1) is 18.6. The van der Waals surface area contributed by atoms with E-state index in [4.69, 9.17) is 0 Å². The lowest BCUT2D eigenvalue weighted by Gasteiger charge is -2.25. The second-order valence-electron chi connectivity index (χ2n) is 6.83. The van der Waals surface area contributed by atoms with Gasteiger partial charge in [0.2, 0.25) is 10.0 Å². The van der Waals surface area contributed by atoms with Gasteiger partial charge in [-0.1, -0.05) is 36.4 Å². The maximum absolute atomic E-state index is 12.7. The molecule has 26 heavy (non-hydrogen) atoms. The van der Waals surface area contributed by atoms with Crippen molar-refractivity contribution in [3.05, 3.63) is 65.7 Å². The zero-order valence-corrected chi connectivity index (χ0v) is 15.9. The van der Waals surface area contributed by atoms with Crippen LogP contribution in [0.5, 0.6) is 0 Å². The van der Waals surface area contributed by atoms with Crippen molar-refractivity contribution in [2.24, 2.45) is 5.92 Å². The lowest BCUT2D eigenvalue weighted by molar-refractivity contribution is 0.0727. The second kappa shape index (κ2) is 7.60. The van der Waals surface area contributed by atoms with Crippen LogP contribution < -0.4 is 4.72 Å². The van der Waals surface area contributed by atoms with Crippen LogP contribution in [0.15, 0.2) is 59.5 Å². The molecule has 1 atom stereocenters. The van der Waals surface area contributed by atoms with Crippen LogP contribution in [0.2, 0.25) is 0 Å². The molecule has 5 nitrogen and oxygen atoms in total. The highest BCUT2D eigenvalue weighted by Gasteiger charge is 2.32. The first-order chi connectivity index (χ1) is 12.4. The van der Waals surface area contributed by atoms with Gasteiger partial charge in [-0.15, -0.1) is 0 Å². The van der Waals surface area contributed by atoms with E-state index in [1.807, 2.05) is 37.3 Å². The van der Waals surface area contributed by atoms with Gasteiger partial charge in [0.15, 0.2) is 0 Å². The molecule has 1 aliphatic rings. The summed E-state index contributed by atoms with van der Waals surface area (Å²) >= 11 is 0. The molecule has 0 heterocycles. The summed E-state index contributed by atoms with van der Waals surface area (Å²) in [5.41, 5.74) is 1.27. The molecule has 0 bridgehead atoms. The highest BCUT2D eigenvalue weighted by Crippen LogP contribution is 2.35. The third-order valence-corrected chi connectivity index (χ3v) is 6.33. The fourth-order valence-electron chi connectivity index (χ4n) is 2.94. The van der Waals surface area contributed by atoms with E-state index in [2.05, 4.69) is 4.72 Å². The zero-order valence-electron chi connectivity index (χ0n) is 15.1. The Kier molecular flexibility index (Phi) is 5.44. The number of nitrogens with zero attached hydrogens (tertiary/aromatic N) is 1. The maximum Gasteiger partial charge on any atom is 0.253 e. The molecule has 1 aliphatic carbocycles. The molecule has 1 N–H and O–H groups in total. The van der Waals surface area contributed by atoms with E-state index in [0.29, 0.717) is 11.5 Å². The summed E-state index contributed by atoms with van der Waals surface area (Å²) in [4.78, 5) is 14.5. The van der Waals surface area contributed by atoms with Gasteiger partial charge in [0.25, 0.3) is 5.91 Å². The molecule has 3 rings (SSSR count). The Labute approximate surface area is 155 Å². The Hall–Kier alpha value is -2.18. The fraction of sp³-hybridized carbons (Fsp3) is 0.350.